The van der Waals surface area contributed by atoms with Gasteiger partial charge in [-0.25, -0.2) is 4.79 Å². The average Bonchev–Trinajstić information content (AvgIpc) is 2.60. The lowest BCUT2D eigenvalue weighted by atomic mass is 10.2. The van der Waals surface area contributed by atoms with Crippen LogP contribution in [-0.2, 0) is 9.53 Å². The van der Waals surface area contributed by atoms with Crippen LogP contribution in [-0.4, -0.2) is 32.7 Å². The lowest BCUT2D eigenvalue weighted by molar-refractivity contribution is -0.142. The highest BCUT2D eigenvalue weighted by Gasteiger charge is 2.10. The van der Waals surface area contributed by atoms with Crippen LogP contribution in [0.2, 0.25) is 0 Å². The number of ether oxygens (including phenoxy) is 3. The first-order valence-electron chi connectivity index (χ1n) is 6.88. The second-order valence-corrected chi connectivity index (χ2v) is 4.54. The van der Waals surface area contributed by atoms with Crippen LogP contribution < -0.4 is 14.8 Å². The number of esters is 1. The summed E-state index contributed by atoms with van der Waals surface area (Å²) in [6.45, 7) is -0.177. The molecule has 0 saturated carbocycles. The predicted octanol–water partition coefficient (Wildman–Crippen LogP) is 2.50. The van der Waals surface area contributed by atoms with Crippen molar-refractivity contribution in [2.75, 3.05) is 26.1 Å². The molecule has 0 saturated heterocycles. The molecule has 1 N–H and O–H groups in total. The Balaban J connectivity index is 2.01. The fourth-order valence-corrected chi connectivity index (χ4v) is 1.85. The molecule has 0 bridgehead atoms. The maximum absolute atomic E-state index is 12.2. The van der Waals surface area contributed by atoms with E-state index in [1.807, 2.05) is 12.1 Å². The molecular weight excluding hydrogens is 298 g/mol. The molecule has 1 amide bonds. The van der Waals surface area contributed by atoms with E-state index in [4.69, 9.17) is 9.47 Å². The van der Waals surface area contributed by atoms with Crippen molar-refractivity contribution in [3.05, 3.63) is 54.1 Å². The summed E-state index contributed by atoms with van der Waals surface area (Å²) in [5.74, 6) is 0.320. The van der Waals surface area contributed by atoms with Gasteiger partial charge in [0.25, 0.3) is 5.91 Å². The number of rotatable bonds is 6. The maximum atomic E-state index is 12.2. The van der Waals surface area contributed by atoms with Crippen LogP contribution in [0.15, 0.2) is 48.5 Å². The van der Waals surface area contributed by atoms with Crippen molar-refractivity contribution in [1.29, 1.82) is 0 Å². The Labute approximate surface area is 134 Å². The third kappa shape index (κ3) is 4.47. The molecule has 0 aliphatic rings. The first-order valence-corrected chi connectivity index (χ1v) is 6.88. The van der Waals surface area contributed by atoms with Crippen molar-refractivity contribution in [2.45, 2.75) is 0 Å². The molecule has 0 radical (unpaired) electrons. The Morgan fingerprint density at radius 1 is 1.00 bits per heavy atom. The van der Waals surface area contributed by atoms with Gasteiger partial charge in [-0.1, -0.05) is 12.1 Å². The summed E-state index contributed by atoms with van der Waals surface area (Å²) < 4.78 is 14.9. The van der Waals surface area contributed by atoms with E-state index >= 15 is 0 Å². The molecule has 0 heterocycles. The first kappa shape index (κ1) is 16.4. The zero-order valence-corrected chi connectivity index (χ0v) is 12.9. The molecule has 2 rings (SSSR count). The predicted molar refractivity (Wildman–Crippen MR) is 84.9 cm³/mol. The van der Waals surface area contributed by atoms with Gasteiger partial charge in [-0.15, -0.1) is 0 Å². The van der Waals surface area contributed by atoms with Crippen LogP contribution in [0.4, 0.5) is 5.69 Å². The third-order valence-electron chi connectivity index (χ3n) is 3.06. The molecule has 0 fully saturated rings. The number of para-hydroxylation sites is 2. The van der Waals surface area contributed by atoms with E-state index in [9.17, 15) is 9.59 Å². The highest BCUT2D eigenvalue weighted by Crippen LogP contribution is 2.24. The number of methoxy groups -OCH3 is 2. The number of benzene rings is 2. The fourth-order valence-electron chi connectivity index (χ4n) is 1.85. The summed E-state index contributed by atoms with van der Waals surface area (Å²) in [7, 11) is 2.83. The zero-order chi connectivity index (χ0) is 16.7. The summed E-state index contributed by atoms with van der Waals surface area (Å²) in [6.07, 6.45) is 0. The summed E-state index contributed by atoms with van der Waals surface area (Å²) in [5.41, 5.74) is 1.05. The maximum Gasteiger partial charge on any atom is 0.343 e. The number of carbonyl (C=O) groups is 2. The van der Waals surface area contributed by atoms with E-state index in [-0.39, 0.29) is 12.5 Å². The monoisotopic (exact) mass is 315 g/mol. The molecule has 6 nitrogen and oxygen atoms in total. The molecule has 2 aromatic carbocycles. The van der Waals surface area contributed by atoms with Crippen LogP contribution in [0.3, 0.4) is 0 Å². The second kappa shape index (κ2) is 7.84. The van der Waals surface area contributed by atoms with Crippen LogP contribution in [0, 0.1) is 0 Å². The lowest BCUT2D eigenvalue weighted by Crippen LogP contribution is -2.14. The van der Waals surface area contributed by atoms with Crippen molar-refractivity contribution in [3.63, 3.8) is 0 Å². The van der Waals surface area contributed by atoms with Crippen molar-refractivity contribution in [2.24, 2.45) is 0 Å². The lowest BCUT2D eigenvalue weighted by Gasteiger charge is -2.10. The Hall–Kier alpha value is -3.02. The second-order valence-electron chi connectivity index (χ2n) is 4.54. The highest BCUT2D eigenvalue weighted by molar-refractivity contribution is 6.05. The molecule has 0 aliphatic carbocycles. The molecule has 120 valence electrons. The molecule has 0 aliphatic heterocycles. The van der Waals surface area contributed by atoms with Gasteiger partial charge in [-0.3, -0.25) is 4.79 Å². The normalized spacial score (nSPS) is 9.83. The molecule has 0 spiro atoms. The van der Waals surface area contributed by atoms with Gasteiger partial charge in [0.2, 0.25) is 0 Å². The van der Waals surface area contributed by atoms with Gasteiger partial charge in [0, 0.05) is 5.56 Å². The molecule has 2 aromatic rings. The average molecular weight is 315 g/mol. The molecule has 0 unspecified atom stereocenters. The highest BCUT2D eigenvalue weighted by atomic mass is 16.6. The SMILES string of the molecule is COC(=O)COc1ccc(C(=O)Nc2ccccc2OC)cc1. The van der Waals surface area contributed by atoms with Gasteiger partial charge in [0.1, 0.15) is 11.5 Å². The fraction of sp³-hybridized carbons (Fsp3) is 0.176. The zero-order valence-electron chi connectivity index (χ0n) is 12.9. The van der Waals surface area contributed by atoms with Gasteiger partial charge < -0.3 is 19.5 Å². The molecule has 0 atom stereocenters. The quantitative estimate of drug-likeness (QED) is 0.829. The van der Waals surface area contributed by atoms with E-state index in [1.54, 1.807) is 43.5 Å². The van der Waals surface area contributed by atoms with Crippen molar-refractivity contribution in [3.8, 4) is 11.5 Å². The van der Waals surface area contributed by atoms with Crippen molar-refractivity contribution < 1.29 is 23.8 Å². The van der Waals surface area contributed by atoms with Crippen LogP contribution in [0.1, 0.15) is 10.4 Å². The van der Waals surface area contributed by atoms with Gasteiger partial charge >= 0.3 is 5.97 Å². The first-order chi connectivity index (χ1) is 11.1. The van der Waals surface area contributed by atoms with Crippen LogP contribution in [0.5, 0.6) is 11.5 Å². The van der Waals surface area contributed by atoms with E-state index < -0.39 is 5.97 Å². The Morgan fingerprint density at radius 2 is 1.70 bits per heavy atom. The minimum Gasteiger partial charge on any atom is -0.495 e. The van der Waals surface area contributed by atoms with Gasteiger partial charge in [0.15, 0.2) is 6.61 Å². The Kier molecular flexibility index (Phi) is 5.57. The number of hydrogen-bond acceptors (Lipinski definition) is 5. The summed E-state index contributed by atoms with van der Waals surface area (Å²) in [6, 6.07) is 13.6. The van der Waals surface area contributed by atoms with Gasteiger partial charge in [0.05, 0.1) is 19.9 Å². The number of anilines is 1. The number of hydrogen-bond donors (Lipinski definition) is 1. The Morgan fingerprint density at radius 3 is 2.35 bits per heavy atom. The van der Waals surface area contributed by atoms with Crippen LogP contribution >= 0.6 is 0 Å². The summed E-state index contributed by atoms with van der Waals surface area (Å²) in [4.78, 5) is 23.2. The largest absolute Gasteiger partial charge is 0.495 e. The van der Waals surface area contributed by atoms with E-state index in [0.29, 0.717) is 22.7 Å². The van der Waals surface area contributed by atoms with E-state index in [0.717, 1.165) is 0 Å². The minimum absolute atomic E-state index is 0.177. The van der Waals surface area contributed by atoms with Gasteiger partial charge in [-0.05, 0) is 36.4 Å². The van der Waals surface area contributed by atoms with Crippen LogP contribution in [0.25, 0.3) is 0 Å². The molecular formula is C17H17NO5. The number of amides is 1. The number of carbonyl (C=O) groups excluding carboxylic acids is 2. The standard InChI is InChI=1S/C17H17NO5/c1-21-15-6-4-3-5-14(15)18-17(20)12-7-9-13(10-8-12)23-11-16(19)22-2/h3-10H,11H2,1-2H3,(H,18,20). The molecule has 23 heavy (non-hydrogen) atoms. The summed E-state index contributed by atoms with van der Waals surface area (Å²) in [5, 5.41) is 2.78. The van der Waals surface area contributed by atoms with E-state index in [1.165, 1.54) is 7.11 Å². The minimum atomic E-state index is -0.469. The molecule has 0 aromatic heterocycles. The Bertz CT molecular complexity index is 682. The smallest absolute Gasteiger partial charge is 0.343 e. The number of nitrogens with one attached hydrogen (secondary N) is 1. The van der Waals surface area contributed by atoms with Crippen molar-refractivity contribution >= 4 is 17.6 Å². The topological polar surface area (TPSA) is 73.9 Å². The van der Waals surface area contributed by atoms with Crippen molar-refractivity contribution in [1.82, 2.24) is 0 Å². The molecule has 6 heteroatoms. The summed E-state index contributed by atoms with van der Waals surface area (Å²) >= 11 is 0. The van der Waals surface area contributed by atoms with E-state index in [2.05, 4.69) is 10.1 Å². The van der Waals surface area contributed by atoms with Gasteiger partial charge in [-0.2, -0.15) is 0 Å². The third-order valence-corrected chi connectivity index (χ3v) is 3.06.